The van der Waals surface area contributed by atoms with Crippen molar-refractivity contribution in [3.63, 3.8) is 0 Å². The molecule has 22 nitrogen and oxygen atoms in total. The molecule has 9 aromatic rings. The molecule has 6 aliphatic rings. The second kappa shape index (κ2) is 30.7. The monoisotopic (exact) mass is 1380 g/mol. The lowest BCUT2D eigenvalue weighted by Gasteiger charge is -2.57. The highest BCUT2D eigenvalue weighted by molar-refractivity contribution is 5.94. The van der Waals surface area contributed by atoms with E-state index in [-0.39, 0.29) is 40.4 Å². The molecule has 6 atom stereocenters. The van der Waals surface area contributed by atoms with Gasteiger partial charge in [0.25, 0.3) is 17.7 Å². The molecule has 1 aliphatic heterocycles. The quantitative estimate of drug-likeness (QED) is 0.0547. The van der Waals surface area contributed by atoms with Crippen LogP contribution in [-0.4, -0.2) is 111 Å². The molecule has 0 spiro atoms. The van der Waals surface area contributed by atoms with E-state index in [4.69, 9.17) is 43.4 Å². The van der Waals surface area contributed by atoms with Crippen molar-refractivity contribution in [3.8, 4) is 106 Å². The zero-order chi connectivity index (χ0) is 72.6. The molecule has 524 valence electrons. The zero-order valence-corrected chi connectivity index (χ0v) is 59.0. The fourth-order valence-corrected chi connectivity index (χ4v) is 16.7. The van der Waals surface area contributed by atoms with Crippen molar-refractivity contribution in [1.29, 1.82) is 15.8 Å². The normalized spacial score (nSPS) is 23.4. The maximum absolute atomic E-state index is 11.9. The van der Waals surface area contributed by atoms with Crippen molar-refractivity contribution in [1.82, 2.24) is 65.1 Å². The van der Waals surface area contributed by atoms with E-state index in [1.165, 1.54) is 6.42 Å². The molecule has 1 saturated heterocycles. The molecule has 6 unspecified atom stereocenters. The van der Waals surface area contributed by atoms with Crippen molar-refractivity contribution in [3.05, 3.63) is 144 Å². The first-order valence-corrected chi connectivity index (χ1v) is 35.5. The van der Waals surface area contributed by atoms with Gasteiger partial charge in [0, 0.05) is 99.1 Å². The van der Waals surface area contributed by atoms with Crippen LogP contribution in [-0.2, 0) is 33.6 Å². The third-order valence-corrected chi connectivity index (χ3v) is 21.9. The zero-order valence-electron chi connectivity index (χ0n) is 59.0. The summed E-state index contributed by atoms with van der Waals surface area (Å²) in [7, 11) is 0. The molecular formula is C81H84N16O6. The Kier molecular flexibility index (Phi) is 21.3. The lowest BCUT2D eigenvalue weighted by atomic mass is 9.50. The largest absolute Gasteiger partial charge is 0.492 e. The molecule has 0 radical (unpaired) electrons. The van der Waals surface area contributed by atoms with Crippen molar-refractivity contribution in [2.24, 2.45) is 35.5 Å². The summed E-state index contributed by atoms with van der Waals surface area (Å²) in [5, 5.41) is 54.2. The van der Waals surface area contributed by atoms with E-state index in [1.807, 2.05) is 76.6 Å². The molecule has 10 heterocycles. The fraction of sp³-hybridized carbons (Fsp3) is 0.407. The summed E-state index contributed by atoms with van der Waals surface area (Å²) in [6.07, 6.45) is 44.3. The molecular weight excluding hydrogens is 1290 g/mol. The SMILES string of the molecule is C#CC(=O)NC1(C)C2CCC1CC(Cc1ccc(-c3cc(OCC)cn4ncc(C#N)c34)cn1)C2.C#CC(=O)NC1(C)CCC(Cc2ccc(-c3cc(OCC)cn4ncc(C#N)c34)cn2)NC1.C#CC(=O)NC1(CC)CC2CC(C1)C2Cc1ccc(-c2cc(OCC)cn3ncc(C#N)c23)cn1. The van der Waals surface area contributed by atoms with E-state index in [0.29, 0.717) is 95.8 Å². The van der Waals surface area contributed by atoms with Gasteiger partial charge in [0.1, 0.15) is 35.5 Å². The van der Waals surface area contributed by atoms with Gasteiger partial charge in [0.15, 0.2) is 0 Å². The first-order valence-electron chi connectivity index (χ1n) is 35.5. The van der Waals surface area contributed by atoms with Crippen LogP contribution in [0.1, 0.15) is 140 Å². The van der Waals surface area contributed by atoms with E-state index in [2.05, 4.69) is 116 Å². The Morgan fingerprint density at radius 3 is 1.35 bits per heavy atom. The number of terminal acetylenes is 3. The summed E-state index contributed by atoms with van der Waals surface area (Å²) in [6, 6.07) is 25.1. The number of carbonyl (C=O) groups is 3. The summed E-state index contributed by atoms with van der Waals surface area (Å²) in [5.41, 5.74) is 11.5. The number of hydrogen-bond donors (Lipinski definition) is 4. The van der Waals surface area contributed by atoms with E-state index in [9.17, 15) is 30.2 Å². The molecule has 5 saturated carbocycles. The average molecular weight is 1380 g/mol. The lowest BCUT2D eigenvalue weighted by molar-refractivity contribution is -0.121. The summed E-state index contributed by atoms with van der Waals surface area (Å²) >= 11 is 0. The van der Waals surface area contributed by atoms with Crippen LogP contribution in [0.3, 0.4) is 0 Å². The van der Waals surface area contributed by atoms with Crippen LogP contribution < -0.4 is 35.5 Å². The minimum atomic E-state index is -0.379. The van der Waals surface area contributed by atoms with Crippen LogP contribution in [0.25, 0.3) is 49.9 Å². The number of aromatic nitrogens is 9. The number of rotatable bonds is 19. The van der Waals surface area contributed by atoms with Crippen LogP contribution in [0.2, 0.25) is 0 Å². The van der Waals surface area contributed by atoms with E-state index < -0.39 is 0 Å². The minimum Gasteiger partial charge on any atom is -0.492 e. The number of nitrogens with one attached hydrogen (secondary N) is 4. The molecule has 0 aromatic carbocycles. The maximum atomic E-state index is 11.9. The third kappa shape index (κ3) is 15.2. The Morgan fingerprint density at radius 2 is 0.971 bits per heavy atom. The Morgan fingerprint density at radius 1 is 0.553 bits per heavy atom. The average Bonchev–Trinajstić information content (AvgIpc) is 1.52. The number of carbonyl (C=O) groups excluding carboxylic acids is 3. The van der Waals surface area contributed by atoms with Crippen LogP contribution in [0.5, 0.6) is 17.2 Å². The lowest BCUT2D eigenvalue weighted by Crippen LogP contribution is -2.60. The molecule has 6 fully saturated rings. The first-order chi connectivity index (χ1) is 49.9. The molecule has 3 amide bonds. The predicted molar refractivity (Wildman–Crippen MR) is 389 cm³/mol. The molecule has 9 aromatic heterocycles. The Balaban J connectivity index is 0.000000146. The number of amides is 3. The van der Waals surface area contributed by atoms with E-state index in [1.54, 1.807) is 50.7 Å². The van der Waals surface area contributed by atoms with Gasteiger partial charge in [-0.2, -0.15) is 31.1 Å². The van der Waals surface area contributed by atoms with Crippen LogP contribution in [0.15, 0.2) is 110 Å². The minimum absolute atomic E-state index is 0.161. The van der Waals surface area contributed by atoms with Gasteiger partial charge in [-0.25, -0.2) is 13.5 Å². The molecule has 22 heteroatoms. The van der Waals surface area contributed by atoms with Gasteiger partial charge >= 0.3 is 0 Å². The van der Waals surface area contributed by atoms with Crippen LogP contribution >= 0.6 is 0 Å². The molecule has 15 rings (SSSR count). The summed E-state index contributed by atoms with van der Waals surface area (Å²) in [4.78, 5) is 49.6. The fourth-order valence-electron chi connectivity index (χ4n) is 16.7. The van der Waals surface area contributed by atoms with Gasteiger partial charge in [-0.15, -0.1) is 19.3 Å². The van der Waals surface area contributed by atoms with Crippen LogP contribution in [0.4, 0.5) is 0 Å². The molecule has 4 N–H and O–H groups in total. The number of piperidine rings is 1. The standard InChI is InChI=1S/2C28H29N5O2.C25H26N6O2/c1-4-26(34)32-28(3)21-7-8-22(28)11-18(10-21)12-23-9-6-19(15-30-23)25-13-24(35-5-2)17-33-27(25)20(14-29)16-31-33;1-4-26(34)32-28(5-2)12-19-9-20(13-28)24(19)10-22-8-7-18(15-30-22)25-11-23(35-6-3)17-33-27(25)21(14-29)16-31-33;1-4-23(32)30-25(3)9-8-20(28-16-25)10-19-7-6-17(13-27-19)22-11-21(33-5-2)15-31-24(22)18(12-26)14-29-31/h1,6,9,13,15-18,21-22H,5,7-8,10-12H2,2-3H3,(H,32,34);1,7-8,11,15-17,19-20,24H,5-6,9-10,12-13H2,2-3H3,(H,32,34);1,6-7,11,13-15,20,28H,5,8-10,16H2,2-3H3,(H,30,32). The topological polar surface area (TPSA) is 289 Å². The number of pyridine rings is 6. The van der Waals surface area contributed by atoms with E-state index >= 15 is 0 Å². The Hall–Kier alpha value is -11.6. The van der Waals surface area contributed by atoms with Gasteiger partial charge in [-0.05, 0) is 201 Å². The molecule has 5 aliphatic carbocycles. The van der Waals surface area contributed by atoms with Crippen molar-refractivity contribution in [2.75, 3.05) is 26.4 Å². The highest BCUT2D eigenvalue weighted by atomic mass is 16.5. The summed E-state index contributed by atoms with van der Waals surface area (Å²) < 4.78 is 22.2. The van der Waals surface area contributed by atoms with Crippen molar-refractivity contribution < 1.29 is 28.6 Å². The highest BCUT2D eigenvalue weighted by Gasteiger charge is 2.54. The second-order valence-electron chi connectivity index (χ2n) is 28.2. The highest BCUT2D eigenvalue weighted by Crippen LogP contribution is 2.56. The van der Waals surface area contributed by atoms with Crippen molar-refractivity contribution >= 4 is 34.3 Å². The van der Waals surface area contributed by atoms with E-state index in [0.717, 1.165) is 144 Å². The number of ether oxygens (including phenoxy) is 3. The van der Waals surface area contributed by atoms with Crippen molar-refractivity contribution in [2.45, 2.75) is 148 Å². The Labute approximate surface area is 600 Å². The summed E-state index contributed by atoms with van der Waals surface area (Å²) in [6.45, 7) is 14.4. The van der Waals surface area contributed by atoms with Gasteiger partial charge in [0.05, 0.1) is 95.8 Å². The van der Waals surface area contributed by atoms with Gasteiger partial charge in [-0.3, -0.25) is 29.3 Å². The maximum Gasteiger partial charge on any atom is 0.296 e. The number of hydrogen-bond acceptors (Lipinski definition) is 16. The predicted octanol–water partition coefficient (Wildman–Crippen LogP) is 10.8. The third-order valence-electron chi connectivity index (χ3n) is 21.9. The van der Waals surface area contributed by atoms with Gasteiger partial charge < -0.3 is 35.5 Å². The second-order valence-corrected chi connectivity index (χ2v) is 28.2. The number of nitriles is 3. The smallest absolute Gasteiger partial charge is 0.296 e. The molecule has 103 heavy (non-hydrogen) atoms. The van der Waals surface area contributed by atoms with Gasteiger partial charge in [0.2, 0.25) is 0 Å². The van der Waals surface area contributed by atoms with Crippen LogP contribution in [0, 0.1) is 107 Å². The summed E-state index contributed by atoms with van der Waals surface area (Å²) in [5.74, 6) is 10.8. The molecule has 4 bridgehead atoms. The van der Waals surface area contributed by atoms with Gasteiger partial charge in [-0.1, -0.05) is 25.1 Å². The number of fused-ring (bicyclic) bond motifs is 7. The first kappa shape index (κ1) is 71.3. The number of nitrogens with zero attached hydrogens (tertiary/aromatic N) is 12. The Bertz CT molecular complexity index is 4880.